The Labute approximate surface area is 70.7 Å². The Morgan fingerprint density at radius 1 is 1.58 bits per heavy atom. The standard InChI is InChI=1S/C9H8N2O/c1-6-3-8(4-10)9(5-12)11-7(6)2/h3,5H,1-2H3. The van der Waals surface area contributed by atoms with Crippen molar-refractivity contribution in [3.63, 3.8) is 0 Å². The number of hydrogen-bond acceptors (Lipinski definition) is 3. The van der Waals surface area contributed by atoms with Gasteiger partial charge in [-0.05, 0) is 25.5 Å². The van der Waals surface area contributed by atoms with E-state index >= 15 is 0 Å². The first-order chi connectivity index (χ1) is 5.69. The molecule has 0 fully saturated rings. The number of rotatable bonds is 1. The maximum Gasteiger partial charge on any atom is 0.169 e. The van der Waals surface area contributed by atoms with Gasteiger partial charge in [-0.25, -0.2) is 4.98 Å². The first-order valence-electron chi connectivity index (χ1n) is 3.52. The smallest absolute Gasteiger partial charge is 0.169 e. The average Bonchev–Trinajstić information content (AvgIpc) is 2.09. The predicted octanol–water partition coefficient (Wildman–Crippen LogP) is 1.38. The zero-order valence-electron chi connectivity index (χ0n) is 6.96. The van der Waals surface area contributed by atoms with Crippen molar-refractivity contribution >= 4 is 6.29 Å². The Hall–Kier alpha value is -1.69. The van der Waals surface area contributed by atoms with Crippen LogP contribution in [0.2, 0.25) is 0 Å². The molecule has 0 unspecified atom stereocenters. The first-order valence-corrected chi connectivity index (χ1v) is 3.52. The zero-order valence-corrected chi connectivity index (χ0v) is 6.96. The molecular formula is C9H8N2O. The van der Waals surface area contributed by atoms with Crippen LogP contribution in [0.5, 0.6) is 0 Å². The third kappa shape index (κ3) is 1.32. The van der Waals surface area contributed by atoms with Crippen molar-refractivity contribution in [2.24, 2.45) is 0 Å². The second-order valence-electron chi connectivity index (χ2n) is 2.55. The van der Waals surface area contributed by atoms with Crippen LogP contribution >= 0.6 is 0 Å². The van der Waals surface area contributed by atoms with E-state index < -0.39 is 0 Å². The monoisotopic (exact) mass is 160 g/mol. The number of carbonyl (C=O) groups excluding carboxylic acids is 1. The van der Waals surface area contributed by atoms with E-state index in [0.29, 0.717) is 11.8 Å². The molecule has 0 saturated heterocycles. The maximum absolute atomic E-state index is 10.4. The molecular weight excluding hydrogens is 152 g/mol. The maximum atomic E-state index is 10.4. The molecule has 0 aromatic carbocycles. The lowest BCUT2D eigenvalue weighted by Crippen LogP contribution is -1.97. The van der Waals surface area contributed by atoms with Gasteiger partial charge in [-0.1, -0.05) is 0 Å². The molecule has 0 aliphatic rings. The molecule has 0 radical (unpaired) electrons. The minimum absolute atomic E-state index is 0.223. The van der Waals surface area contributed by atoms with E-state index in [1.807, 2.05) is 19.9 Å². The highest BCUT2D eigenvalue weighted by atomic mass is 16.1. The van der Waals surface area contributed by atoms with Crippen molar-refractivity contribution in [2.45, 2.75) is 13.8 Å². The molecule has 3 heteroatoms. The third-order valence-corrected chi connectivity index (χ3v) is 1.73. The molecule has 0 saturated carbocycles. The molecule has 0 amide bonds. The summed E-state index contributed by atoms with van der Waals surface area (Å²) in [6.45, 7) is 3.67. The van der Waals surface area contributed by atoms with Crippen LogP contribution in [0.4, 0.5) is 0 Å². The number of aldehydes is 1. The van der Waals surface area contributed by atoms with E-state index in [2.05, 4.69) is 4.98 Å². The van der Waals surface area contributed by atoms with Gasteiger partial charge >= 0.3 is 0 Å². The normalized spacial score (nSPS) is 9.08. The van der Waals surface area contributed by atoms with E-state index in [0.717, 1.165) is 11.3 Å². The van der Waals surface area contributed by atoms with Gasteiger partial charge in [0.15, 0.2) is 6.29 Å². The highest BCUT2D eigenvalue weighted by Crippen LogP contribution is 2.09. The van der Waals surface area contributed by atoms with E-state index in [1.54, 1.807) is 6.07 Å². The number of hydrogen-bond donors (Lipinski definition) is 0. The first kappa shape index (κ1) is 8.41. The minimum Gasteiger partial charge on any atom is -0.296 e. The lowest BCUT2D eigenvalue weighted by Gasteiger charge is -2.00. The molecule has 1 heterocycles. The van der Waals surface area contributed by atoms with Crippen molar-refractivity contribution in [3.8, 4) is 6.07 Å². The van der Waals surface area contributed by atoms with E-state index in [-0.39, 0.29) is 5.69 Å². The molecule has 3 nitrogen and oxygen atoms in total. The molecule has 0 bridgehead atoms. The summed E-state index contributed by atoms with van der Waals surface area (Å²) >= 11 is 0. The fraction of sp³-hybridized carbons (Fsp3) is 0.222. The number of aromatic nitrogens is 1. The zero-order chi connectivity index (χ0) is 9.14. The molecule has 60 valence electrons. The van der Waals surface area contributed by atoms with Crippen molar-refractivity contribution in [2.75, 3.05) is 0 Å². The highest BCUT2D eigenvalue weighted by molar-refractivity contribution is 5.76. The molecule has 0 atom stereocenters. The molecule has 1 rings (SSSR count). The SMILES string of the molecule is Cc1cc(C#N)c(C=O)nc1C. The molecule has 0 N–H and O–H groups in total. The molecule has 0 spiro atoms. The van der Waals surface area contributed by atoms with Crippen LogP contribution in [-0.2, 0) is 0 Å². The fourth-order valence-corrected chi connectivity index (χ4v) is 0.903. The van der Waals surface area contributed by atoms with Gasteiger partial charge in [-0.3, -0.25) is 4.79 Å². The largest absolute Gasteiger partial charge is 0.296 e. The molecule has 0 aliphatic carbocycles. The summed E-state index contributed by atoms with van der Waals surface area (Å²) in [4.78, 5) is 14.4. The van der Waals surface area contributed by atoms with Crippen molar-refractivity contribution < 1.29 is 4.79 Å². The lowest BCUT2D eigenvalue weighted by atomic mass is 10.1. The van der Waals surface area contributed by atoms with Crippen LogP contribution < -0.4 is 0 Å². The van der Waals surface area contributed by atoms with E-state index in [1.165, 1.54) is 0 Å². The molecule has 0 aliphatic heterocycles. The van der Waals surface area contributed by atoms with Crippen LogP contribution in [-0.4, -0.2) is 11.3 Å². The Balaban J connectivity index is 3.41. The summed E-state index contributed by atoms with van der Waals surface area (Å²) in [6.07, 6.45) is 0.602. The van der Waals surface area contributed by atoms with Gasteiger partial charge in [0.05, 0.1) is 5.56 Å². The summed E-state index contributed by atoms with van der Waals surface area (Å²) < 4.78 is 0. The topological polar surface area (TPSA) is 53.8 Å². The fourth-order valence-electron chi connectivity index (χ4n) is 0.903. The second kappa shape index (κ2) is 3.14. The Bertz CT molecular complexity index is 364. The van der Waals surface area contributed by atoms with Gasteiger partial charge in [0.25, 0.3) is 0 Å². The Morgan fingerprint density at radius 3 is 2.75 bits per heavy atom. The summed E-state index contributed by atoms with van der Waals surface area (Å²) in [5.41, 5.74) is 2.28. The van der Waals surface area contributed by atoms with Gasteiger partial charge < -0.3 is 0 Å². The highest BCUT2D eigenvalue weighted by Gasteiger charge is 2.04. The van der Waals surface area contributed by atoms with E-state index in [4.69, 9.17) is 5.26 Å². The van der Waals surface area contributed by atoms with E-state index in [9.17, 15) is 4.79 Å². The average molecular weight is 160 g/mol. The molecule has 12 heavy (non-hydrogen) atoms. The molecule has 1 aromatic rings. The number of nitrogens with zero attached hydrogens (tertiary/aromatic N) is 2. The van der Waals surface area contributed by atoms with Crippen LogP contribution in [0.3, 0.4) is 0 Å². The summed E-state index contributed by atoms with van der Waals surface area (Å²) in [5, 5.41) is 8.62. The van der Waals surface area contributed by atoms with Crippen LogP contribution in [0, 0.1) is 25.2 Å². The Kier molecular flexibility index (Phi) is 2.20. The number of carbonyl (C=O) groups is 1. The summed E-state index contributed by atoms with van der Waals surface area (Å²) in [6, 6.07) is 3.59. The van der Waals surface area contributed by atoms with Crippen molar-refractivity contribution in [3.05, 3.63) is 28.6 Å². The van der Waals surface area contributed by atoms with Crippen LogP contribution in [0.1, 0.15) is 27.3 Å². The summed E-state index contributed by atoms with van der Waals surface area (Å²) in [7, 11) is 0. The van der Waals surface area contributed by atoms with Crippen molar-refractivity contribution in [1.29, 1.82) is 5.26 Å². The molecule has 1 aromatic heterocycles. The van der Waals surface area contributed by atoms with Crippen molar-refractivity contribution in [1.82, 2.24) is 4.98 Å². The summed E-state index contributed by atoms with van der Waals surface area (Å²) in [5.74, 6) is 0. The second-order valence-corrected chi connectivity index (χ2v) is 2.55. The Morgan fingerprint density at radius 2 is 2.25 bits per heavy atom. The van der Waals surface area contributed by atoms with Gasteiger partial charge in [0.1, 0.15) is 11.8 Å². The number of nitriles is 1. The van der Waals surface area contributed by atoms with Gasteiger partial charge in [0, 0.05) is 5.69 Å². The quantitative estimate of drug-likeness (QED) is 0.583. The lowest BCUT2D eigenvalue weighted by molar-refractivity contribution is 0.111. The van der Waals surface area contributed by atoms with Gasteiger partial charge in [-0.15, -0.1) is 0 Å². The minimum atomic E-state index is 0.223. The van der Waals surface area contributed by atoms with Gasteiger partial charge in [-0.2, -0.15) is 5.26 Å². The van der Waals surface area contributed by atoms with Gasteiger partial charge in [0.2, 0.25) is 0 Å². The predicted molar refractivity (Wildman–Crippen MR) is 43.8 cm³/mol. The van der Waals surface area contributed by atoms with Crippen LogP contribution in [0.25, 0.3) is 0 Å². The number of pyridine rings is 1. The third-order valence-electron chi connectivity index (χ3n) is 1.73. The number of aryl methyl sites for hydroxylation is 2. The van der Waals surface area contributed by atoms with Crippen LogP contribution in [0.15, 0.2) is 6.07 Å².